The Hall–Kier alpha value is -2.51. The van der Waals surface area contributed by atoms with Gasteiger partial charge in [-0.15, -0.1) is 0 Å². The Bertz CT molecular complexity index is 812. The highest BCUT2D eigenvalue weighted by molar-refractivity contribution is 6.32. The Morgan fingerprint density at radius 1 is 1.15 bits per heavy atom. The van der Waals surface area contributed by atoms with Crippen molar-refractivity contribution in [1.29, 1.82) is 0 Å². The zero-order chi connectivity index (χ0) is 19.3. The second-order valence-corrected chi connectivity index (χ2v) is 5.94. The number of carbonyl (C=O) groups excluding carboxylic acids is 2. The minimum atomic E-state index is -1.06. The van der Waals surface area contributed by atoms with E-state index in [0.717, 1.165) is 0 Å². The monoisotopic (exact) mass is 398 g/mol. The molecule has 1 unspecified atom stereocenters. The number of esters is 1. The van der Waals surface area contributed by atoms with Crippen molar-refractivity contribution < 1.29 is 23.8 Å². The SMILES string of the molecule is COc1cc(C(=O)OC(C)C(=O)Nc2ccc(Cl)cn2)cc(Cl)c1OC. The second kappa shape index (κ2) is 8.73. The Balaban J connectivity index is 2.07. The van der Waals surface area contributed by atoms with Gasteiger partial charge < -0.3 is 19.5 Å². The number of nitrogens with one attached hydrogen (secondary N) is 1. The number of amides is 1. The van der Waals surface area contributed by atoms with Gasteiger partial charge in [0.15, 0.2) is 17.6 Å². The number of benzene rings is 1. The fraction of sp³-hybridized carbons (Fsp3) is 0.235. The van der Waals surface area contributed by atoms with E-state index in [4.69, 9.17) is 37.4 Å². The van der Waals surface area contributed by atoms with Crippen LogP contribution in [-0.4, -0.2) is 37.2 Å². The van der Waals surface area contributed by atoms with Gasteiger partial charge in [-0.05, 0) is 31.2 Å². The summed E-state index contributed by atoms with van der Waals surface area (Å²) in [6.07, 6.45) is 0.325. The predicted molar refractivity (Wildman–Crippen MR) is 97.3 cm³/mol. The third kappa shape index (κ3) is 4.77. The molecule has 0 fully saturated rings. The summed E-state index contributed by atoms with van der Waals surface area (Å²) in [5.41, 5.74) is 0.122. The van der Waals surface area contributed by atoms with Crippen LogP contribution in [0.1, 0.15) is 17.3 Å². The van der Waals surface area contributed by atoms with E-state index < -0.39 is 18.0 Å². The van der Waals surface area contributed by atoms with Gasteiger partial charge in [0.05, 0.1) is 29.8 Å². The van der Waals surface area contributed by atoms with E-state index in [1.165, 1.54) is 45.5 Å². The molecule has 26 heavy (non-hydrogen) atoms. The lowest BCUT2D eigenvalue weighted by atomic mass is 10.2. The third-order valence-corrected chi connectivity index (χ3v) is 3.81. The van der Waals surface area contributed by atoms with Gasteiger partial charge in [-0.25, -0.2) is 9.78 Å². The lowest BCUT2D eigenvalue weighted by Gasteiger charge is -2.15. The van der Waals surface area contributed by atoms with Crippen LogP contribution in [0.5, 0.6) is 11.5 Å². The van der Waals surface area contributed by atoms with Crippen molar-refractivity contribution in [2.24, 2.45) is 0 Å². The number of carbonyl (C=O) groups is 2. The van der Waals surface area contributed by atoms with Gasteiger partial charge >= 0.3 is 5.97 Å². The molecule has 1 aromatic carbocycles. The van der Waals surface area contributed by atoms with Crippen LogP contribution in [0.4, 0.5) is 5.82 Å². The van der Waals surface area contributed by atoms with Gasteiger partial charge in [0.1, 0.15) is 5.82 Å². The number of hydrogen-bond donors (Lipinski definition) is 1. The van der Waals surface area contributed by atoms with Crippen LogP contribution >= 0.6 is 23.2 Å². The standard InChI is InChI=1S/C17H16Cl2N2O5/c1-9(16(22)21-14-5-4-11(18)8-20-14)26-17(23)10-6-12(19)15(25-3)13(7-10)24-2/h4-9H,1-3H3,(H,20,21,22). The molecular formula is C17H16Cl2N2O5. The molecule has 0 aliphatic carbocycles. The highest BCUT2D eigenvalue weighted by Gasteiger charge is 2.22. The van der Waals surface area contributed by atoms with E-state index in [9.17, 15) is 9.59 Å². The predicted octanol–water partition coefficient (Wildman–Crippen LogP) is 3.59. The maximum atomic E-state index is 12.3. The number of nitrogens with zero attached hydrogens (tertiary/aromatic N) is 1. The number of aromatic nitrogens is 1. The highest BCUT2D eigenvalue weighted by atomic mass is 35.5. The summed E-state index contributed by atoms with van der Waals surface area (Å²) in [4.78, 5) is 28.3. The Morgan fingerprint density at radius 2 is 1.88 bits per heavy atom. The first-order chi connectivity index (χ1) is 12.3. The third-order valence-electron chi connectivity index (χ3n) is 3.30. The molecule has 1 N–H and O–H groups in total. The van der Waals surface area contributed by atoms with Gasteiger partial charge in [0, 0.05) is 6.20 Å². The molecule has 1 aromatic heterocycles. The van der Waals surface area contributed by atoms with Crippen molar-refractivity contribution >= 4 is 40.9 Å². The summed E-state index contributed by atoms with van der Waals surface area (Å²) in [7, 11) is 2.84. The van der Waals surface area contributed by atoms with Gasteiger partial charge in [0.25, 0.3) is 5.91 Å². The number of ether oxygens (including phenoxy) is 3. The molecule has 0 saturated carbocycles. The molecule has 0 aliphatic rings. The zero-order valence-corrected chi connectivity index (χ0v) is 15.7. The molecule has 0 aliphatic heterocycles. The molecule has 0 saturated heterocycles. The second-order valence-electron chi connectivity index (χ2n) is 5.09. The first-order valence-corrected chi connectivity index (χ1v) is 8.16. The van der Waals surface area contributed by atoms with Crippen LogP contribution in [0.2, 0.25) is 10.0 Å². The Labute approximate surface area is 160 Å². The Morgan fingerprint density at radius 3 is 2.46 bits per heavy atom. The van der Waals surface area contributed by atoms with E-state index in [0.29, 0.717) is 10.8 Å². The van der Waals surface area contributed by atoms with Crippen LogP contribution in [0.15, 0.2) is 30.5 Å². The lowest BCUT2D eigenvalue weighted by molar-refractivity contribution is -0.123. The van der Waals surface area contributed by atoms with Gasteiger partial charge in [-0.3, -0.25) is 4.79 Å². The van der Waals surface area contributed by atoms with Crippen LogP contribution < -0.4 is 14.8 Å². The van der Waals surface area contributed by atoms with E-state index >= 15 is 0 Å². The summed E-state index contributed by atoms with van der Waals surface area (Å²) in [5, 5.41) is 3.14. The van der Waals surface area contributed by atoms with Crippen molar-refractivity contribution in [2.75, 3.05) is 19.5 Å². The van der Waals surface area contributed by atoms with Crippen molar-refractivity contribution in [1.82, 2.24) is 4.98 Å². The van der Waals surface area contributed by atoms with Crippen LogP contribution in [0.25, 0.3) is 0 Å². The number of anilines is 1. The first kappa shape index (κ1) is 19.8. The molecule has 0 spiro atoms. The molecule has 2 aromatic rings. The summed E-state index contributed by atoms with van der Waals surface area (Å²) >= 11 is 11.8. The molecule has 1 amide bonds. The van der Waals surface area contributed by atoms with E-state index in [1.54, 1.807) is 6.07 Å². The first-order valence-electron chi connectivity index (χ1n) is 7.40. The van der Waals surface area contributed by atoms with E-state index in [2.05, 4.69) is 10.3 Å². The fourth-order valence-corrected chi connectivity index (χ4v) is 2.40. The van der Waals surface area contributed by atoms with Crippen LogP contribution in [0.3, 0.4) is 0 Å². The summed E-state index contributed by atoms with van der Waals surface area (Å²) < 4.78 is 15.4. The minimum Gasteiger partial charge on any atom is -0.493 e. The number of hydrogen-bond acceptors (Lipinski definition) is 6. The molecular weight excluding hydrogens is 383 g/mol. The lowest BCUT2D eigenvalue weighted by Crippen LogP contribution is -2.30. The molecule has 0 radical (unpaired) electrons. The maximum Gasteiger partial charge on any atom is 0.339 e. The largest absolute Gasteiger partial charge is 0.493 e. The summed E-state index contributed by atoms with van der Waals surface area (Å²) in [6.45, 7) is 1.44. The van der Waals surface area contributed by atoms with Crippen molar-refractivity contribution in [3.63, 3.8) is 0 Å². The number of halogens is 2. The molecule has 9 heteroatoms. The fourth-order valence-electron chi connectivity index (χ4n) is 2.00. The summed E-state index contributed by atoms with van der Waals surface area (Å²) in [6, 6.07) is 5.89. The topological polar surface area (TPSA) is 86.8 Å². The molecule has 1 atom stereocenters. The van der Waals surface area contributed by atoms with Crippen molar-refractivity contribution in [2.45, 2.75) is 13.0 Å². The van der Waals surface area contributed by atoms with E-state index in [-0.39, 0.29) is 22.2 Å². The average Bonchev–Trinajstić information content (AvgIpc) is 2.62. The smallest absolute Gasteiger partial charge is 0.339 e. The van der Waals surface area contributed by atoms with Gasteiger partial charge in [-0.1, -0.05) is 23.2 Å². The van der Waals surface area contributed by atoms with E-state index in [1.807, 2.05) is 0 Å². The van der Waals surface area contributed by atoms with Crippen molar-refractivity contribution in [3.05, 3.63) is 46.1 Å². The summed E-state index contributed by atoms with van der Waals surface area (Å²) in [5.74, 6) is -0.421. The molecule has 7 nitrogen and oxygen atoms in total. The Kier molecular flexibility index (Phi) is 6.65. The zero-order valence-electron chi connectivity index (χ0n) is 14.2. The quantitative estimate of drug-likeness (QED) is 0.748. The number of rotatable bonds is 6. The van der Waals surface area contributed by atoms with Gasteiger partial charge in [0.2, 0.25) is 0 Å². The number of methoxy groups -OCH3 is 2. The van der Waals surface area contributed by atoms with Crippen LogP contribution in [0, 0.1) is 0 Å². The molecule has 2 rings (SSSR count). The number of pyridine rings is 1. The highest BCUT2D eigenvalue weighted by Crippen LogP contribution is 2.36. The molecule has 138 valence electrons. The minimum absolute atomic E-state index is 0.122. The van der Waals surface area contributed by atoms with Crippen molar-refractivity contribution in [3.8, 4) is 11.5 Å². The normalized spacial score (nSPS) is 11.4. The van der Waals surface area contributed by atoms with Gasteiger partial charge in [-0.2, -0.15) is 0 Å². The maximum absolute atomic E-state index is 12.3. The average molecular weight is 399 g/mol. The molecule has 0 bridgehead atoms. The molecule has 1 heterocycles. The van der Waals surface area contributed by atoms with Crippen LogP contribution in [-0.2, 0) is 9.53 Å².